The average Bonchev–Trinajstić information content (AvgIpc) is 2.89. The van der Waals surface area contributed by atoms with Crippen LogP contribution >= 0.6 is 11.6 Å². The highest BCUT2D eigenvalue weighted by atomic mass is 35.5. The minimum atomic E-state index is -0.496. The van der Waals surface area contributed by atoms with Gasteiger partial charge in [-0.05, 0) is 50.1 Å². The molecule has 0 spiro atoms. The molecule has 6 nitrogen and oxygen atoms in total. The van der Waals surface area contributed by atoms with E-state index < -0.39 is 5.97 Å². The number of carbonyl (C=O) groups excluding carboxylic acids is 3. The number of amides is 1. The first-order chi connectivity index (χ1) is 13.2. The highest BCUT2D eigenvalue weighted by molar-refractivity contribution is 6.30. The summed E-state index contributed by atoms with van der Waals surface area (Å²) in [5.41, 5.74) is 2.50. The van der Waals surface area contributed by atoms with Crippen LogP contribution in [-0.4, -0.2) is 47.3 Å². The van der Waals surface area contributed by atoms with E-state index in [2.05, 4.69) is 0 Å². The molecule has 7 heteroatoms. The van der Waals surface area contributed by atoms with Crippen LogP contribution in [0.15, 0.2) is 24.3 Å². The van der Waals surface area contributed by atoms with Crippen molar-refractivity contribution in [2.75, 3.05) is 20.2 Å². The smallest absolute Gasteiger partial charge is 0.354 e. The molecule has 0 atom stereocenters. The van der Waals surface area contributed by atoms with Gasteiger partial charge in [0.1, 0.15) is 5.69 Å². The molecule has 0 saturated carbocycles. The van der Waals surface area contributed by atoms with Crippen molar-refractivity contribution in [1.29, 1.82) is 0 Å². The van der Waals surface area contributed by atoms with E-state index >= 15 is 0 Å². The molecule has 1 heterocycles. The van der Waals surface area contributed by atoms with Gasteiger partial charge in [0.15, 0.2) is 5.78 Å². The van der Waals surface area contributed by atoms with Gasteiger partial charge in [0.25, 0.3) is 5.91 Å². The van der Waals surface area contributed by atoms with Gasteiger partial charge in [-0.2, -0.15) is 0 Å². The lowest BCUT2D eigenvalue weighted by Crippen LogP contribution is -2.36. The van der Waals surface area contributed by atoms with Crippen molar-refractivity contribution >= 4 is 29.3 Å². The zero-order valence-corrected chi connectivity index (χ0v) is 17.6. The summed E-state index contributed by atoms with van der Waals surface area (Å²) < 4.78 is 6.48. The lowest BCUT2D eigenvalue weighted by atomic mass is 10.0. The lowest BCUT2D eigenvalue weighted by Gasteiger charge is -2.22. The summed E-state index contributed by atoms with van der Waals surface area (Å²) in [4.78, 5) is 39.5. The molecule has 0 radical (unpaired) electrons. The SMILES string of the molecule is CCCN(CC(=O)c1c(C)c(C(=O)OC)n(C)c1C)C(=O)c1ccc(Cl)cc1. The molecule has 1 aromatic heterocycles. The van der Waals surface area contributed by atoms with Gasteiger partial charge in [0, 0.05) is 35.4 Å². The Morgan fingerprint density at radius 3 is 2.29 bits per heavy atom. The zero-order chi connectivity index (χ0) is 21.0. The Labute approximate surface area is 170 Å². The average molecular weight is 405 g/mol. The van der Waals surface area contributed by atoms with Crippen molar-refractivity contribution in [3.8, 4) is 0 Å². The monoisotopic (exact) mass is 404 g/mol. The van der Waals surface area contributed by atoms with E-state index in [0.29, 0.717) is 46.1 Å². The van der Waals surface area contributed by atoms with E-state index in [1.807, 2.05) is 6.92 Å². The fourth-order valence-corrected chi connectivity index (χ4v) is 3.45. The van der Waals surface area contributed by atoms with Crippen LogP contribution in [0.4, 0.5) is 0 Å². The van der Waals surface area contributed by atoms with Crippen LogP contribution in [0.25, 0.3) is 0 Å². The Morgan fingerprint density at radius 2 is 1.75 bits per heavy atom. The maximum Gasteiger partial charge on any atom is 0.354 e. The van der Waals surface area contributed by atoms with Gasteiger partial charge in [-0.15, -0.1) is 0 Å². The van der Waals surface area contributed by atoms with Crippen molar-refractivity contribution < 1.29 is 19.1 Å². The number of esters is 1. The third kappa shape index (κ3) is 4.28. The Hall–Kier alpha value is -2.60. The van der Waals surface area contributed by atoms with Crippen LogP contribution in [-0.2, 0) is 11.8 Å². The van der Waals surface area contributed by atoms with Gasteiger partial charge in [0.05, 0.1) is 13.7 Å². The first-order valence-electron chi connectivity index (χ1n) is 9.05. The van der Waals surface area contributed by atoms with E-state index in [4.69, 9.17) is 16.3 Å². The van der Waals surface area contributed by atoms with Crippen LogP contribution in [0.3, 0.4) is 0 Å². The van der Waals surface area contributed by atoms with E-state index in [1.54, 1.807) is 49.7 Å². The van der Waals surface area contributed by atoms with E-state index in [9.17, 15) is 14.4 Å². The molecule has 0 aliphatic carbocycles. The molecular formula is C21H25ClN2O4. The highest BCUT2D eigenvalue weighted by Gasteiger charge is 2.27. The second-order valence-electron chi connectivity index (χ2n) is 6.64. The summed E-state index contributed by atoms with van der Waals surface area (Å²) in [5.74, 6) is -0.937. The number of rotatable bonds is 7. The lowest BCUT2D eigenvalue weighted by molar-refractivity contribution is 0.0588. The van der Waals surface area contributed by atoms with Gasteiger partial charge in [-0.1, -0.05) is 18.5 Å². The largest absolute Gasteiger partial charge is 0.464 e. The summed E-state index contributed by atoms with van der Waals surface area (Å²) in [7, 11) is 3.02. The molecular weight excluding hydrogens is 380 g/mol. The number of hydrogen-bond donors (Lipinski definition) is 0. The van der Waals surface area contributed by atoms with Gasteiger partial charge in [-0.25, -0.2) is 4.79 Å². The molecule has 0 bridgehead atoms. The van der Waals surface area contributed by atoms with E-state index in [-0.39, 0.29) is 18.2 Å². The molecule has 0 aliphatic rings. The zero-order valence-electron chi connectivity index (χ0n) is 16.8. The van der Waals surface area contributed by atoms with Gasteiger partial charge < -0.3 is 14.2 Å². The maximum absolute atomic E-state index is 13.1. The second kappa shape index (κ2) is 9.06. The van der Waals surface area contributed by atoms with Crippen molar-refractivity contribution in [1.82, 2.24) is 9.47 Å². The molecule has 150 valence electrons. The normalized spacial score (nSPS) is 10.6. The number of nitrogens with zero attached hydrogens (tertiary/aromatic N) is 2. The molecule has 2 rings (SSSR count). The third-order valence-electron chi connectivity index (χ3n) is 4.79. The highest BCUT2D eigenvalue weighted by Crippen LogP contribution is 2.23. The predicted molar refractivity (Wildman–Crippen MR) is 108 cm³/mol. The first-order valence-corrected chi connectivity index (χ1v) is 9.42. The number of halogens is 1. The van der Waals surface area contributed by atoms with Gasteiger partial charge in [0.2, 0.25) is 0 Å². The van der Waals surface area contributed by atoms with Crippen LogP contribution < -0.4 is 0 Å². The topological polar surface area (TPSA) is 68.6 Å². The molecule has 1 amide bonds. The standard InChI is InChI=1S/C21H25ClN2O4/c1-6-11-24(20(26)15-7-9-16(22)10-8-15)12-17(25)18-13(2)19(21(27)28-5)23(4)14(18)3/h7-10H,6,11-12H2,1-5H3. The van der Waals surface area contributed by atoms with Crippen LogP contribution in [0.1, 0.15) is 55.8 Å². The van der Waals surface area contributed by atoms with E-state index in [1.165, 1.54) is 12.0 Å². The number of ketones is 1. The molecule has 0 fully saturated rings. The van der Waals surface area contributed by atoms with Crippen molar-refractivity contribution in [2.45, 2.75) is 27.2 Å². The van der Waals surface area contributed by atoms with Gasteiger partial charge in [-0.3, -0.25) is 9.59 Å². The Morgan fingerprint density at radius 1 is 1.14 bits per heavy atom. The fourth-order valence-electron chi connectivity index (χ4n) is 3.32. The molecule has 2 aromatic rings. The summed E-state index contributed by atoms with van der Waals surface area (Å²) in [6.07, 6.45) is 0.715. The molecule has 0 N–H and O–H groups in total. The van der Waals surface area contributed by atoms with E-state index in [0.717, 1.165) is 0 Å². The number of Topliss-reactive ketones (excluding diaryl/α,β-unsaturated/α-hetero) is 1. The number of aromatic nitrogens is 1. The number of ether oxygens (including phenoxy) is 1. The first kappa shape index (κ1) is 21.7. The maximum atomic E-state index is 13.1. The minimum absolute atomic E-state index is 0.0679. The summed E-state index contributed by atoms with van der Waals surface area (Å²) in [6.45, 7) is 5.82. The van der Waals surface area contributed by atoms with Crippen LogP contribution in [0.2, 0.25) is 5.02 Å². The number of hydrogen-bond acceptors (Lipinski definition) is 4. The molecule has 28 heavy (non-hydrogen) atoms. The molecule has 1 aromatic carbocycles. The molecule has 0 aliphatic heterocycles. The summed E-state index contributed by atoms with van der Waals surface area (Å²) in [6, 6.07) is 6.59. The molecule has 0 unspecified atom stereocenters. The Kier molecular flexibility index (Phi) is 7.02. The number of methoxy groups -OCH3 is 1. The second-order valence-corrected chi connectivity index (χ2v) is 7.08. The quantitative estimate of drug-likeness (QED) is 0.519. The number of carbonyl (C=O) groups is 3. The fraction of sp³-hybridized carbons (Fsp3) is 0.381. The molecule has 0 saturated heterocycles. The predicted octanol–water partition coefficient (Wildman–Crippen LogP) is 3.82. The van der Waals surface area contributed by atoms with Crippen molar-refractivity contribution in [3.63, 3.8) is 0 Å². The summed E-state index contributed by atoms with van der Waals surface area (Å²) in [5, 5.41) is 0.542. The third-order valence-corrected chi connectivity index (χ3v) is 5.05. The Balaban J connectivity index is 2.34. The van der Waals surface area contributed by atoms with Crippen molar-refractivity contribution in [2.24, 2.45) is 7.05 Å². The van der Waals surface area contributed by atoms with Gasteiger partial charge >= 0.3 is 5.97 Å². The van der Waals surface area contributed by atoms with Crippen LogP contribution in [0.5, 0.6) is 0 Å². The minimum Gasteiger partial charge on any atom is -0.464 e. The number of benzene rings is 1. The van der Waals surface area contributed by atoms with Crippen molar-refractivity contribution in [3.05, 3.63) is 57.4 Å². The van der Waals surface area contributed by atoms with Crippen LogP contribution in [0, 0.1) is 13.8 Å². The summed E-state index contributed by atoms with van der Waals surface area (Å²) >= 11 is 5.89. The Bertz CT molecular complexity index is 900.